The normalized spacial score (nSPS) is 17.1. The number of hydrogen-bond donors (Lipinski definition) is 0. The van der Waals surface area contributed by atoms with Crippen LogP contribution >= 0.6 is 15.9 Å². The van der Waals surface area contributed by atoms with Crippen LogP contribution in [0.5, 0.6) is 0 Å². The number of ether oxygens (including phenoxy) is 2. The maximum atomic E-state index is 13.1. The van der Waals surface area contributed by atoms with E-state index in [0.717, 1.165) is 4.90 Å². The van der Waals surface area contributed by atoms with Crippen molar-refractivity contribution in [2.45, 2.75) is 39.2 Å². The number of fused-ring (bicyclic) bond motifs is 1. The van der Waals surface area contributed by atoms with Crippen molar-refractivity contribution in [2.75, 3.05) is 18.1 Å². The van der Waals surface area contributed by atoms with E-state index in [4.69, 9.17) is 9.47 Å². The van der Waals surface area contributed by atoms with E-state index in [1.807, 2.05) is 0 Å². The molecule has 0 fully saturated rings. The van der Waals surface area contributed by atoms with Crippen LogP contribution in [-0.4, -0.2) is 41.6 Å². The minimum absolute atomic E-state index is 0.00901. The number of nitrogens with zero attached hydrogens (tertiary/aromatic N) is 2. The smallest absolute Gasteiger partial charge is 0.421 e. The molecule has 2 unspecified atom stereocenters. The van der Waals surface area contributed by atoms with Crippen molar-refractivity contribution in [2.24, 2.45) is 5.92 Å². The number of imide groups is 1. The van der Waals surface area contributed by atoms with Gasteiger partial charge in [-0.2, -0.15) is 0 Å². The highest BCUT2D eigenvalue weighted by molar-refractivity contribution is 9.10. The third kappa shape index (κ3) is 4.67. The van der Waals surface area contributed by atoms with Crippen LogP contribution in [0.15, 0.2) is 22.7 Å². The number of carbonyl (C=O) groups excluding carboxylic acids is 3. The lowest BCUT2D eigenvalue weighted by Gasteiger charge is -2.24. The maximum absolute atomic E-state index is 13.1. The molecule has 2 amide bonds. The summed E-state index contributed by atoms with van der Waals surface area (Å²) in [6.45, 7) is 5.73. The lowest BCUT2D eigenvalue weighted by atomic mass is 9.87. The summed E-state index contributed by atoms with van der Waals surface area (Å²) < 4.78 is 10.8. The topological polar surface area (TPSA) is 116 Å². The molecular formula is C18H21BrN2O7. The van der Waals surface area contributed by atoms with Crippen LogP contribution in [0.2, 0.25) is 0 Å². The maximum Gasteiger partial charge on any atom is 0.421 e. The highest BCUT2D eigenvalue weighted by atomic mass is 79.9. The number of nitro groups is 1. The van der Waals surface area contributed by atoms with Gasteiger partial charge in [-0.3, -0.25) is 19.7 Å². The molecule has 1 aliphatic heterocycles. The Labute approximate surface area is 170 Å². The number of benzene rings is 1. The molecule has 10 heteroatoms. The van der Waals surface area contributed by atoms with Crippen LogP contribution in [0.1, 0.15) is 39.2 Å². The summed E-state index contributed by atoms with van der Waals surface area (Å²) in [5, 5.41) is 11.1. The fraction of sp³-hybridized carbons (Fsp3) is 0.500. The third-order valence-electron chi connectivity index (χ3n) is 3.97. The molecule has 2 atom stereocenters. The first-order valence-electron chi connectivity index (χ1n) is 8.61. The molecule has 0 N–H and O–H groups in total. The fourth-order valence-electron chi connectivity index (χ4n) is 2.98. The van der Waals surface area contributed by atoms with Gasteiger partial charge in [0.15, 0.2) is 0 Å². The van der Waals surface area contributed by atoms with Crippen LogP contribution in [0, 0.1) is 16.0 Å². The zero-order valence-corrected chi connectivity index (χ0v) is 17.5. The second-order valence-electron chi connectivity index (χ2n) is 7.21. The monoisotopic (exact) mass is 456 g/mol. The number of esters is 1. The molecule has 2 rings (SSSR count). The molecule has 1 aromatic rings. The number of hydrogen-bond acceptors (Lipinski definition) is 7. The van der Waals surface area contributed by atoms with Crippen molar-refractivity contribution >= 4 is 39.6 Å². The predicted octanol–water partition coefficient (Wildman–Crippen LogP) is 3.27. The Bertz CT molecular complexity index is 819. The largest absolute Gasteiger partial charge is 0.466 e. The molecule has 0 spiro atoms. The Kier molecular flexibility index (Phi) is 6.43. The first kappa shape index (κ1) is 21.8. The van der Waals surface area contributed by atoms with E-state index in [-0.39, 0.29) is 12.3 Å². The Morgan fingerprint density at radius 3 is 2.54 bits per heavy atom. The lowest BCUT2D eigenvalue weighted by molar-refractivity contribution is -0.486. The fourth-order valence-corrected chi connectivity index (χ4v) is 3.36. The first-order chi connectivity index (χ1) is 13.0. The summed E-state index contributed by atoms with van der Waals surface area (Å²) in [5.74, 6) is -4.23. The molecule has 0 saturated carbocycles. The van der Waals surface area contributed by atoms with Crippen LogP contribution in [0.25, 0.3) is 0 Å². The van der Waals surface area contributed by atoms with E-state index in [2.05, 4.69) is 15.9 Å². The number of rotatable bonds is 5. The average Bonchev–Trinajstić information content (AvgIpc) is 2.82. The van der Waals surface area contributed by atoms with E-state index < -0.39 is 46.9 Å². The molecule has 152 valence electrons. The van der Waals surface area contributed by atoms with Gasteiger partial charge in [0, 0.05) is 9.40 Å². The minimum Gasteiger partial charge on any atom is -0.466 e. The predicted molar refractivity (Wildman–Crippen MR) is 103 cm³/mol. The van der Waals surface area contributed by atoms with Crippen LogP contribution in [0.4, 0.5) is 10.5 Å². The standard InChI is InChI=1S/C18H21BrN2O7/c1-5-27-16(23)12(9-20(25)26)14-11-8-10(19)6-7-13(11)21(15(14)22)17(24)28-18(2,3)4/h6-8,12,14H,5,9H2,1-4H3. The van der Waals surface area contributed by atoms with Gasteiger partial charge in [-0.15, -0.1) is 0 Å². The van der Waals surface area contributed by atoms with Crippen molar-refractivity contribution in [3.05, 3.63) is 38.3 Å². The molecule has 0 saturated heterocycles. The Balaban J connectivity index is 2.54. The molecule has 1 aliphatic rings. The van der Waals surface area contributed by atoms with E-state index in [0.29, 0.717) is 10.0 Å². The molecule has 0 aromatic heterocycles. The van der Waals surface area contributed by atoms with Crippen LogP contribution in [0.3, 0.4) is 0 Å². The summed E-state index contributed by atoms with van der Waals surface area (Å²) >= 11 is 3.29. The van der Waals surface area contributed by atoms with Crippen molar-refractivity contribution in [1.29, 1.82) is 0 Å². The summed E-state index contributed by atoms with van der Waals surface area (Å²) in [5.41, 5.74) is -0.304. The Hall–Kier alpha value is -2.49. The quantitative estimate of drug-likeness (QED) is 0.379. The molecule has 28 heavy (non-hydrogen) atoms. The van der Waals surface area contributed by atoms with Gasteiger partial charge in [0.1, 0.15) is 11.5 Å². The Morgan fingerprint density at radius 1 is 1.36 bits per heavy atom. The molecule has 0 radical (unpaired) electrons. The first-order valence-corrected chi connectivity index (χ1v) is 9.40. The molecule has 9 nitrogen and oxygen atoms in total. The van der Waals surface area contributed by atoms with Crippen LogP contribution in [-0.2, 0) is 19.1 Å². The van der Waals surface area contributed by atoms with Gasteiger partial charge >= 0.3 is 12.1 Å². The lowest BCUT2D eigenvalue weighted by Crippen LogP contribution is -2.42. The van der Waals surface area contributed by atoms with Gasteiger partial charge in [-0.1, -0.05) is 15.9 Å². The number of carbonyl (C=O) groups is 3. The summed E-state index contributed by atoms with van der Waals surface area (Å²) in [6, 6.07) is 4.71. The van der Waals surface area contributed by atoms with Crippen molar-refractivity contribution in [3.8, 4) is 0 Å². The van der Waals surface area contributed by atoms with E-state index >= 15 is 0 Å². The summed E-state index contributed by atoms with van der Waals surface area (Å²) in [4.78, 5) is 49.4. The highest BCUT2D eigenvalue weighted by Crippen LogP contribution is 2.43. The van der Waals surface area contributed by atoms with Gasteiger partial charge in [0.05, 0.1) is 18.2 Å². The van der Waals surface area contributed by atoms with E-state index in [1.165, 1.54) is 6.07 Å². The summed E-state index contributed by atoms with van der Waals surface area (Å²) in [7, 11) is 0. The van der Waals surface area contributed by atoms with Crippen molar-refractivity contribution in [1.82, 2.24) is 0 Å². The van der Waals surface area contributed by atoms with E-state index in [1.54, 1.807) is 39.8 Å². The SMILES string of the molecule is CCOC(=O)C(C[N+](=O)[O-])C1C(=O)N(C(=O)OC(C)(C)C)c2ccc(Br)cc21. The van der Waals surface area contributed by atoms with Crippen molar-refractivity contribution < 1.29 is 28.8 Å². The van der Waals surface area contributed by atoms with Gasteiger partial charge in [-0.05, 0) is 51.5 Å². The summed E-state index contributed by atoms with van der Waals surface area (Å²) in [6.07, 6.45) is -0.910. The molecule has 0 aliphatic carbocycles. The Morgan fingerprint density at radius 2 is 2.00 bits per heavy atom. The van der Waals surface area contributed by atoms with E-state index in [9.17, 15) is 24.5 Å². The molecule has 1 heterocycles. The van der Waals surface area contributed by atoms with Gasteiger partial charge in [0.2, 0.25) is 12.5 Å². The number of amides is 2. The average molecular weight is 457 g/mol. The van der Waals surface area contributed by atoms with Gasteiger partial charge < -0.3 is 9.47 Å². The zero-order chi connectivity index (χ0) is 21.2. The second-order valence-corrected chi connectivity index (χ2v) is 8.12. The third-order valence-corrected chi connectivity index (χ3v) is 4.46. The van der Waals surface area contributed by atoms with Crippen LogP contribution < -0.4 is 4.90 Å². The second kappa shape index (κ2) is 8.26. The van der Waals surface area contributed by atoms with Gasteiger partial charge in [0.25, 0.3) is 0 Å². The molecule has 1 aromatic carbocycles. The highest BCUT2D eigenvalue weighted by Gasteiger charge is 2.50. The number of halogens is 1. The molecular weight excluding hydrogens is 436 g/mol. The number of anilines is 1. The molecule has 0 bridgehead atoms. The van der Waals surface area contributed by atoms with Gasteiger partial charge in [-0.25, -0.2) is 9.69 Å². The zero-order valence-electron chi connectivity index (χ0n) is 15.9. The minimum atomic E-state index is -1.37. The van der Waals surface area contributed by atoms with Crippen molar-refractivity contribution in [3.63, 3.8) is 0 Å².